The molecule has 0 saturated carbocycles. The van der Waals surface area contributed by atoms with Crippen LogP contribution in [0.15, 0.2) is 49.1 Å². The number of aliphatic hydroxyl groups excluding tert-OH is 1. The number of rotatable bonds is 8. The number of hydrogen-bond donors (Lipinski definition) is 3. The fraction of sp³-hybridized carbons (Fsp3) is 0.263. The van der Waals surface area contributed by atoms with Gasteiger partial charge in [-0.25, -0.2) is 4.39 Å². The van der Waals surface area contributed by atoms with Gasteiger partial charge in [0, 0.05) is 18.7 Å². The van der Waals surface area contributed by atoms with Gasteiger partial charge < -0.3 is 20.3 Å². The Morgan fingerprint density at radius 3 is 2.62 bits per heavy atom. The minimum absolute atomic E-state index is 0.118. The van der Waals surface area contributed by atoms with E-state index in [1.165, 1.54) is 19.2 Å². The molecule has 0 fully saturated rings. The van der Waals surface area contributed by atoms with Gasteiger partial charge in [0.1, 0.15) is 5.82 Å². The van der Waals surface area contributed by atoms with E-state index in [-0.39, 0.29) is 11.6 Å². The summed E-state index contributed by atoms with van der Waals surface area (Å²) in [4.78, 5) is 0. The van der Waals surface area contributed by atoms with Crippen molar-refractivity contribution in [2.24, 2.45) is 0 Å². The molecule has 24 heavy (non-hydrogen) atoms. The molecule has 0 aliphatic carbocycles. The molecule has 0 saturated heterocycles. The molecule has 0 spiro atoms. The number of aromatic hydroxyl groups is 1. The van der Waals surface area contributed by atoms with E-state index in [1.807, 2.05) is 6.07 Å². The Kier molecular flexibility index (Phi) is 6.35. The first-order valence-corrected chi connectivity index (χ1v) is 7.69. The van der Waals surface area contributed by atoms with Gasteiger partial charge in [-0.15, -0.1) is 6.58 Å². The molecular formula is C19H22FNO3. The van der Waals surface area contributed by atoms with Crippen LogP contribution in [0.3, 0.4) is 0 Å². The summed E-state index contributed by atoms with van der Waals surface area (Å²) in [5.74, 6) is 0.197. The minimum Gasteiger partial charge on any atom is -0.504 e. The van der Waals surface area contributed by atoms with Crippen molar-refractivity contribution >= 4 is 0 Å². The summed E-state index contributed by atoms with van der Waals surface area (Å²) >= 11 is 0. The standard InChI is InChI=1S/C19H22FNO3/c1-3-4-15-9-13(10-18(24-2)19(15)23)11-21-12-17(22)14-5-7-16(20)8-6-14/h3,5-10,17,21-23H,1,4,11-12H2,2H3. The van der Waals surface area contributed by atoms with Crippen LogP contribution in [0.2, 0.25) is 0 Å². The van der Waals surface area contributed by atoms with Crippen LogP contribution in [0.1, 0.15) is 22.8 Å². The maximum atomic E-state index is 12.9. The lowest BCUT2D eigenvalue weighted by atomic mass is 10.1. The molecule has 3 N–H and O–H groups in total. The second kappa shape index (κ2) is 8.47. The number of benzene rings is 2. The Hall–Kier alpha value is -2.37. The molecule has 0 amide bonds. The highest BCUT2D eigenvalue weighted by Crippen LogP contribution is 2.32. The molecule has 0 radical (unpaired) electrons. The Morgan fingerprint density at radius 2 is 2.00 bits per heavy atom. The van der Waals surface area contributed by atoms with Crippen LogP contribution in [0.4, 0.5) is 4.39 Å². The summed E-state index contributed by atoms with van der Waals surface area (Å²) in [6.45, 7) is 4.50. The van der Waals surface area contributed by atoms with Gasteiger partial charge in [-0.05, 0) is 35.7 Å². The van der Waals surface area contributed by atoms with E-state index in [0.717, 1.165) is 11.1 Å². The Bertz CT molecular complexity index is 686. The molecule has 2 aromatic carbocycles. The number of phenolic OH excluding ortho intramolecular Hbond substituents is 1. The van der Waals surface area contributed by atoms with E-state index in [4.69, 9.17) is 4.74 Å². The van der Waals surface area contributed by atoms with Crippen molar-refractivity contribution in [2.75, 3.05) is 13.7 Å². The zero-order valence-electron chi connectivity index (χ0n) is 13.6. The van der Waals surface area contributed by atoms with Crippen molar-refractivity contribution in [1.82, 2.24) is 5.32 Å². The van der Waals surface area contributed by atoms with Crippen molar-refractivity contribution < 1.29 is 19.3 Å². The van der Waals surface area contributed by atoms with Gasteiger partial charge in [-0.3, -0.25) is 0 Å². The molecule has 0 aliphatic heterocycles. The number of ether oxygens (including phenoxy) is 1. The normalized spacial score (nSPS) is 12.0. The van der Waals surface area contributed by atoms with Gasteiger partial charge in [0.15, 0.2) is 11.5 Å². The highest BCUT2D eigenvalue weighted by Gasteiger charge is 2.11. The van der Waals surface area contributed by atoms with Crippen molar-refractivity contribution in [1.29, 1.82) is 0 Å². The first-order chi connectivity index (χ1) is 11.5. The molecule has 0 aliphatic rings. The lowest BCUT2D eigenvalue weighted by Gasteiger charge is -2.14. The maximum Gasteiger partial charge on any atom is 0.161 e. The molecule has 4 nitrogen and oxygen atoms in total. The summed E-state index contributed by atoms with van der Waals surface area (Å²) in [5, 5.41) is 23.3. The number of nitrogens with one attached hydrogen (secondary N) is 1. The lowest BCUT2D eigenvalue weighted by Crippen LogP contribution is -2.21. The van der Waals surface area contributed by atoms with E-state index in [1.54, 1.807) is 24.3 Å². The SMILES string of the molecule is C=CCc1cc(CNCC(O)c2ccc(F)cc2)cc(OC)c1O. The van der Waals surface area contributed by atoms with E-state index >= 15 is 0 Å². The Balaban J connectivity index is 1.99. The van der Waals surface area contributed by atoms with Crippen LogP contribution in [0.5, 0.6) is 11.5 Å². The van der Waals surface area contributed by atoms with Crippen LogP contribution in [0.25, 0.3) is 0 Å². The van der Waals surface area contributed by atoms with Crippen LogP contribution < -0.4 is 10.1 Å². The third-order valence-corrected chi connectivity index (χ3v) is 3.72. The van der Waals surface area contributed by atoms with Gasteiger partial charge in [0.05, 0.1) is 13.2 Å². The predicted octanol–water partition coefficient (Wildman–Crippen LogP) is 3.09. The highest BCUT2D eigenvalue weighted by atomic mass is 19.1. The summed E-state index contributed by atoms with van der Waals surface area (Å²) in [6.07, 6.45) is 1.52. The molecule has 0 aromatic heterocycles. The summed E-state index contributed by atoms with van der Waals surface area (Å²) in [6, 6.07) is 9.40. The Labute approximate surface area is 141 Å². The minimum atomic E-state index is -0.725. The molecule has 128 valence electrons. The molecule has 1 atom stereocenters. The predicted molar refractivity (Wildman–Crippen MR) is 91.6 cm³/mol. The first-order valence-electron chi connectivity index (χ1n) is 7.69. The number of aliphatic hydroxyl groups is 1. The largest absolute Gasteiger partial charge is 0.504 e. The zero-order chi connectivity index (χ0) is 17.5. The molecule has 2 aromatic rings. The molecule has 2 rings (SSSR count). The third kappa shape index (κ3) is 4.57. The van der Waals surface area contributed by atoms with E-state index < -0.39 is 6.10 Å². The van der Waals surface area contributed by atoms with Crippen molar-refractivity contribution in [3.8, 4) is 11.5 Å². The first kappa shape index (κ1) is 18.0. The lowest BCUT2D eigenvalue weighted by molar-refractivity contribution is 0.174. The number of hydrogen-bond acceptors (Lipinski definition) is 4. The fourth-order valence-corrected chi connectivity index (χ4v) is 2.45. The van der Waals surface area contributed by atoms with Gasteiger partial charge in [-0.1, -0.05) is 24.3 Å². The van der Waals surface area contributed by atoms with E-state index in [9.17, 15) is 14.6 Å². The average molecular weight is 331 g/mol. The van der Waals surface area contributed by atoms with Crippen LogP contribution >= 0.6 is 0 Å². The van der Waals surface area contributed by atoms with Crippen molar-refractivity contribution in [3.63, 3.8) is 0 Å². The number of allylic oxidation sites excluding steroid dienone is 1. The Morgan fingerprint density at radius 1 is 1.29 bits per heavy atom. The van der Waals surface area contributed by atoms with Crippen molar-refractivity contribution in [2.45, 2.75) is 19.1 Å². The van der Waals surface area contributed by atoms with Gasteiger partial charge in [0.25, 0.3) is 0 Å². The number of phenols is 1. The topological polar surface area (TPSA) is 61.7 Å². The van der Waals surface area contributed by atoms with Crippen molar-refractivity contribution in [3.05, 3.63) is 71.6 Å². The van der Waals surface area contributed by atoms with Gasteiger partial charge >= 0.3 is 0 Å². The molecule has 0 bridgehead atoms. The van der Waals surface area contributed by atoms with Crippen LogP contribution in [-0.2, 0) is 13.0 Å². The van der Waals surface area contributed by atoms with Gasteiger partial charge in [-0.2, -0.15) is 0 Å². The smallest absolute Gasteiger partial charge is 0.161 e. The third-order valence-electron chi connectivity index (χ3n) is 3.72. The van der Waals surface area contributed by atoms with Gasteiger partial charge in [0.2, 0.25) is 0 Å². The number of methoxy groups -OCH3 is 1. The fourth-order valence-electron chi connectivity index (χ4n) is 2.45. The average Bonchev–Trinajstić information content (AvgIpc) is 2.58. The summed E-state index contributed by atoms with van der Waals surface area (Å²) in [7, 11) is 1.50. The second-order valence-electron chi connectivity index (χ2n) is 5.50. The quantitative estimate of drug-likeness (QED) is 0.651. The van der Waals surface area contributed by atoms with Crippen LogP contribution in [-0.4, -0.2) is 23.9 Å². The molecular weight excluding hydrogens is 309 g/mol. The second-order valence-corrected chi connectivity index (χ2v) is 5.50. The van der Waals surface area contributed by atoms with E-state index in [2.05, 4.69) is 11.9 Å². The molecule has 0 heterocycles. The van der Waals surface area contributed by atoms with E-state index in [0.29, 0.717) is 30.8 Å². The summed E-state index contributed by atoms with van der Waals surface area (Å²) < 4.78 is 18.1. The highest BCUT2D eigenvalue weighted by molar-refractivity contribution is 5.49. The van der Waals surface area contributed by atoms with Crippen LogP contribution in [0, 0.1) is 5.82 Å². The monoisotopic (exact) mass is 331 g/mol. The zero-order valence-corrected chi connectivity index (χ0v) is 13.6. The molecule has 5 heteroatoms. The maximum absolute atomic E-state index is 12.9. The molecule has 1 unspecified atom stereocenters. The summed E-state index contributed by atoms with van der Waals surface area (Å²) in [5.41, 5.74) is 2.31. The number of halogens is 1.